The molecule has 3 saturated heterocycles. The third-order valence-corrected chi connectivity index (χ3v) is 9.67. The first-order valence-electron chi connectivity index (χ1n) is 15.1. The number of piperidine rings is 1. The predicted molar refractivity (Wildman–Crippen MR) is 151 cm³/mol. The summed E-state index contributed by atoms with van der Waals surface area (Å²) in [5, 5.41) is 3.41. The summed E-state index contributed by atoms with van der Waals surface area (Å²) in [7, 11) is 1.44. The first kappa shape index (κ1) is 27.3. The number of aromatic nitrogens is 2. The Morgan fingerprint density at radius 3 is 2.50 bits per heavy atom. The minimum absolute atomic E-state index is 0.0225. The molecule has 2 bridgehead atoms. The molecule has 0 radical (unpaired) electrons. The van der Waals surface area contributed by atoms with Crippen LogP contribution in [0.5, 0.6) is 0 Å². The van der Waals surface area contributed by atoms with E-state index >= 15 is 0 Å². The van der Waals surface area contributed by atoms with Gasteiger partial charge in [-0.1, -0.05) is 30.3 Å². The first-order valence-corrected chi connectivity index (χ1v) is 15.1. The summed E-state index contributed by atoms with van der Waals surface area (Å²) in [5.41, 5.74) is 3.51. The molecule has 5 heterocycles. The number of nitrogens with zero attached hydrogens (tertiary/aromatic N) is 4. The fourth-order valence-corrected chi connectivity index (χ4v) is 7.67. The Morgan fingerprint density at radius 2 is 1.80 bits per heavy atom. The zero-order chi connectivity index (χ0) is 27.6. The fourth-order valence-electron chi connectivity index (χ4n) is 7.67. The summed E-state index contributed by atoms with van der Waals surface area (Å²) in [6.07, 6.45) is 7.81. The lowest BCUT2D eigenvalue weighted by Gasteiger charge is -2.41. The van der Waals surface area contributed by atoms with Gasteiger partial charge in [0.15, 0.2) is 0 Å². The minimum atomic E-state index is -0.276. The third-order valence-electron chi connectivity index (χ3n) is 9.67. The summed E-state index contributed by atoms with van der Waals surface area (Å²) in [6.45, 7) is 5.66. The number of nitrogens with one attached hydrogen (secondary N) is 1. The highest BCUT2D eigenvalue weighted by Gasteiger charge is 2.42. The number of hydrogen-bond donors (Lipinski definition) is 1. The number of hydrogen-bond acceptors (Lipinski definition) is 6. The molecule has 0 spiro atoms. The predicted octanol–water partition coefficient (Wildman–Crippen LogP) is 4.16. The lowest BCUT2D eigenvalue weighted by atomic mass is 9.94. The lowest BCUT2D eigenvalue weighted by molar-refractivity contribution is -0.128. The van der Waals surface area contributed by atoms with E-state index in [-0.39, 0.29) is 24.0 Å². The van der Waals surface area contributed by atoms with E-state index in [4.69, 9.17) is 14.5 Å². The number of aryl methyl sites for hydroxylation is 1. The summed E-state index contributed by atoms with van der Waals surface area (Å²) in [5.74, 6) is 1.29. The van der Waals surface area contributed by atoms with E-state index in [0.717, 1.165) is 56.6 Å². The number of carbonyl (C=O) groups excluding carboxylic acids is 2. The number of methoxy groups -OCH3 is 1. The molecule has 40 heavy (non-hydrogen) atoms. The first-order chi connectivity index (χ1) is 19.5. The maximum absolute atomic E-state index is 13.2. The van der Waals surface area contributed by atoms with E-state index in [9.17, 15) is 9.59 Å². The number of ether oxygens (including phenoxy) is 2. The maximum Gasteiger partial charge on any atom is 0.409 e. The van der Waals surface area contributed by atoms with Crippen molar-refractivity contribution in [2.45, 2.75) is 89.0 Å². The van der Waals surface area contributed by atoms with Gasteiger partial charge < -0.3 is 24.3 Å². The summed E-state index contributed by atoms with van der Waals surface area (Å²) in [4.78, 5) is 34.6. The van der Waals surface area contributed by atoms with Crippen LogP contribution in [0.15, 0.2) is 30.3 Å². The summed E-state index contributed by atoms with van der Waals surface area (Å²) < 4.78 is 12.9. The average Bonchev–Trinajstić information content (AvgIpc) is 3.45. The molecule has 6 rings (SSSR count). The van der Waals surface area contributed by atoms with Gasteiger partial charge in [0.05, 0.1) is 25.4 Å². The highest BCUT2D eigenvalue weighted by Crippen LogP contribution is 2.43. The Kier molecular flexibility index (Phi) is 8.12. The molecule has 216 valence electrons. The minimum Gasteiger partial charge on any atom is -0.453 e. The van der Waals surface area contributed by atoms with E-state index in [1.54, 1.807) is 4.90 Å². The molecule has 4 aliphatic heterocycles. The van der Waals surface area contributed by atoms with Gasteiger partial charge in [0.1, 0.15) is 5.82 Å². The monoisotopic (exact) mass is 549 g/mol. The second kappa shape index (κ2) is 11.9. The molecule has 3 fully saturated rings. The van der Waals surface area contributed by atoms with Crippen LogP contribution in [0.4, 0.5) is 4.79 Å². The van der Waals surface area contributed by atoms with Crippen molar-refractivity contribution in [1.82, 2.24) is 24.7 Å². The van der Waals surface area contributed by atoms with Gasteiger partial charge in [0.25, 0.3) is 0 Å². The maximum atomic E-state index is 13.2. The van der Waals surface area contributed by atoms with Crippen molar-refractivity contribution in [3.63, 3.8) is 0 Å². The van der Waals surface area contributed by atoms with Gasteiger partial charge in [-0.25, -0.2) is 9.78 Å². The number of rotatable bonds is 7. The fraction of sp³-hybridized carbons (Fsp3) is 0.645. The topological polar surface area (TPSA) is 88.9 Å². The Balaban J connectivity index is 1.12. The van der Waals surface area contributed by atoms with Crippen molar-refractivity contribution in [2.24, 2.45) is 5.92 Å². The Morgan fingerprint density at radius 1 is 1.07 bits per heavy atom. The van der Waals surface area contributed by atoms with Gasteiger partial charge in [0.2, 0.25) is 5.91 Å². The number of benzene rings is 1. The largest absolute Gasteiger partial charge is 0.453 e. The average molecular weight is 550 g/mol. The molecular formula is C31H43N5O4. The Bertz CT molecular complexity index is 1180. The highest BCUT2D eigenvalue weighted by atomic mass is 16.5. The molecule has 2 aromatic rings. The van der Waals surface area contributed by atoms with Crippen molar-refractivity contribution in [1.29, 1.82) is 0 Å². The van der Waals surface area contributed by atoms with Crippen LogP contribution < -0.4 is 5.32 Å². The SMILES string of the molecule is COC(=O)N1CCc2c(nc(C)n2C2CC3CCC(C2)N3CC[C@H](NC(=O)C2CCOCC2)c2ccccc2)C1. The van der Waals surface area contributed by atoms with Crippen molar-refractivity contribution < 1.29 is 19.1 Å². The molecule has 3 atom stereocenters. The smallest absolute Gasteiger partial charge is 0.409 e. The molecule has 1 aromatic carbocycles. The summed E-state index contributed by atoms with van der Waals surface area (Å²) >= 11 is 0. The second-order valence-corrected chi connectivity index (χ2v) is 12.0. The highest BCUT2D eigenvalue weighted by molar-refractivity contribution is 5.79. The van der Waals surface area contributed by atoms with Crippen LogP contribution in [0.3, 0.4) is 0 Å². The second-order valence-electron chi connectivity index (χ2n) is 12.0. The van der Waals surface area contributed by atoms with Gasteiger partial charge >= 0.3 is 6.09 Å². The van der Waals surface area contributed by atoms with Gasteiger partial charge in [-0.2, -0.15) is 0 Å². The molecule has 2 unspecified atom stereocenters. The lowest BCUT2D eigenvalue weighted by Crippen LogP contribution is -2.45. The van der Waals surface area contributed by atoms with Crippen LogP contribution in [-0.4, -0.2) is 76.8 Å². The van der Waals surface area contributed by atoms with Crippen LogP contribution in [0, 0.1) is 12.8 Å². The molecule has 1 N–H and O–H groups in total. The van der Waals surface area contributed by atoms with E-state index in [1.165, 1.54) is 31.2 Å². The van der Waals surface area contributed by atoms with Crippen molar-refractivity contribution in [3.8, 4) is 0 Å². The van der Waals surface area contributed by atoms with E-state index in [1.807, 2.05) is 6.07 Å². The van der Waals surface area contributed by atoms with Crippen LogP contribution in [0.1, 0.15) is 79.8 Å². The number of carbonyl (C=O) groups is 2. The molecule has 0 saturated carbocycles. The normalized spacial score (nSPS) is 25.9. The molecule has 4 aliphatic rings. The van der Waals surface area contributed by atoms with E-state index in [2.05, 4.69) is 46.0 Å². The Hall–Kier alpha value is -2.91. The molecule has 9 heteroatoms. The quantitative estimate of drug-likeness (QED) is 0.558. The molecule has 1 aromatic heterocycles. The number of fused-ring (bicyclic) bond motifs is 3. The molecule has 0 aliphatic carbocycles. The van der Waals surface area contributed by atoms with Crippen molar-refractivity contribution in [3.05, 3.63) is 53.1 Å². The molecule has 2 amide bonds. The Labute approximate surface area is 237 Å². The van der Waals surface area contributed by atoms with Gasteiger partial charge in [-0.05, 0) is 57.4 Å². The molecule has 9 nitrogen and oxygen atoms in total. The third kappa shape index (κ3) is 5.50. The van der Waals surface area contributed by atoms with Crippen LogP contribution in [0.2, 0.25) is 0 Å². The van der Waals surface area contributed by atoms with Gasteiger partial charge in [0, 0.05) is 62.5 Å². The van der Waals surface area contributed by atoms with Gasteiger partial charge in [-0.15, -0.1) is 0 Å². The zero-order valence-corrected chi connectivity index (χ0v) is 23.9. The van der Waals surface area contributed by atoms with Crippen LogP contribution in [0.25, 0.3) is 0 Å². The number of imidazole rings is 1. The van der Waals surface area contributed by atoms with Crippen molar-refractivity contribution >= 4 is 12.0 Å². The van der Waals surface area contributed by atoms with Crippen molar-refractivity contribution in [2.75, 3.05) is 33.4 Å². The molecular weight excluding hydrogens is 506 g/mol. The zero-order valence-electron chi connectivity index (χ0n) is 23.9. The van der Waals surface area contributed by atoms with E-state index in [0.29, 0.717) is 44.4 Å². The standard InChI is InChI=1S/C31H43N5O4/c1-21-32-28-20-34(31(38)39-2)14-11-29(28)36(21)26-18-24-8-9-25(19-26)35(24)15-10-27(22-6-4-3-5-7-22)33-30(37)23-12-16-40-17-13-23/h3-7,23-27H,8-20H2,1-2H3,(H,33,37)/t24?,25?,26?,27-/m0/s1. The van der Waals surface area contributed by atoms with Crippen LogP contribution in [-0.2, 0) is 27.2 Å². The summed E-state index contributed by atoms with van der Waals surface area (Å²) in [6, 6.07) is 12.0. The van der Waals surface area contributed by atoms with Crippen LogP contribution >= 0.6 is 0 Å². The number of amides is 2. The van der Waals surface area contributed by atoms with E-state index < -0.39 is 0 Å². The van der Waals surface area contributed by atoms with Gasteiger partial charge in [-0.3, -0.25) is 9.69 Å².